The molecule has 0 fully saturated rings. The first-order valence-corrected chi connectivity index (χ1v) is 43.8. The Labute approximate surface area is 600 Å². The summed E-state index contributed by atoms with van der Waals surface area (Å²) in [5.74, 6) is 1.01. The van der Waals surface area contributed by atoms with Crippen molar-refractivity contribution < 1.29 is 80.2 Å². The van der Waals surface area contributed by atoms with Gasteiger partial charge in [-0.05, 0) is 49.4 Å². The molecule has 0 aromatic rings. The van der Waals surface area contributed by atoms with E-state index in [0.29, 0.717) is 25.7 Å². The van der Waals surface area contributed by atoms with Crippen LogP contribution in [0.15, 0.2) is 0 Å². The molecular weight excluding hydrogens is 1280 g/mol. The first-order chi connectivity index (χ1) is 47.2. The van der Waals surface area contributed by atoms with Crippen molar-refractivity contribution in [1.29, 1.82) is 0 Å². The number of aliphatic hydroxyl groups is 1. The van der Waals surface area contributed by atoms with Gasteiger partial charge in [0.2, 0.25) is 0 Å². The maximum absolute atomic E-state index is 13.1. The highest BCUT2D eigenvalue weighted by Crippen LogP contribution is 2.45. The molecule has 98 heavy (non-hydrogen) atoms. The second-order valence-corrected chi connectivity index (χ2v) is 32.8. The maximum atomic E-state index is 13.1. The molecule has 0 saturated carbocycles. The van der Waals surface area contributed by atoms with Crippen LogP contribution >= 0.6 is 15.6 Å². The van der Waals surface area contributed by atoms with Crippen LogP contribution in [0.3, 0.4) is 0 Å². The lowest BCUT2D eigenvalue weighted by molar-refractivity contribution is -0.161. The maximum Gasteiger partial charge on any atom is 0.472 e. The van der Waals surface area contributed by atoms with Crippen LogP contribution in [0.1, 0.15) is 402 Å². The van der Waals surface area contributed by atoms with Crippen LogP contribution < -0.4 is 0 Å². The molecule has 7 atom stereocenters. The lowest BCUT2D eigenvalue weighted by Gasteiger charge is -2.21. The van der Waals surface area contributed by atoms with Crippen molar-refractivity contribution in [2.24, 2.45) is 23.7 Å². The van der Waals surface area contributed by atoms with Gasteiger partial charge in [0.05, 0.1) is 26.4 Å². The minimum absolute atomic E-state index is 0.106. The van der Waals surface area contributed by atoms with Gasteiger partial charge in [-0.3, -0.25) is 37.3 Å². The molecule has 0 aliphatic carbocycles. The van der Waals surface area contributed by atoms with Crippen molar-refractivity contribution in [1.82, 2.24) is 0 Å². The zero-order valence-electron chi connectivity index (χ0n) is 64.4. The Kier molecular flexibility index (Phi) is 66.8. The largest absolute Gasteiger partial charge is 0.472 e. The Bertz CT molecular complexity index is 1920. The minimum Gasteiger partial charge on any atom is -0.462 e. The first-order valence-electron chi connectivity index (χ1n) is 40.8. The predicted octanol–water partition coefficient (Wildman–Crippen LogP) is 23.2. The minimum atomic E-state index is -4.96. The van der Waals surface area contributed by atoms with Crippen LogP contribution in [-0.2, 0) is 65.4 Å². The molecule has 0 radical (unpaired) electrons. The smallest absolute Gasteiger partial charge is 0.462 e. The molecule has 0 aliphatic heterocycles. The third kappa shape index (κ3) is 69.8. The lowest BCUT2D eigenvalue weighted by Crippen LogP contribution is -2.30. The Morgan fingerprint density at radius 1 is 0.286 bits per heavy atom. The average Bonchev–Trinajstić information content (AvgIpc) is 0.928. The summed E-state index contributed by atoms with van der Waals surface area (Å²) in [6, 6.07) is 0. The number of aliphatic hydroxyl groups excluding tert-OH is 1. The zero-order valence-corrected chi connectivity index (χ0v) is 66.2. The van der Waals surface area contributed by atoms with E-state index in [1.54, 1.807) is 0 Å². The van der Waals surface area contributed by atoms with Crippen molar-refractivity contribution in [2.45, 2.75) is 420 Å². The summed E-state index contributed by atoms with van der Waals surface area (Å²) in [6.07, 6.45) is 54.1. The highest BCUT2D eigenvalue weighted by Gasteiger charge is 2.30. The molecule has 0 bridgehead atoms. The molecule has 582 valence electrons. The van der Waals surface area contributed by atoms with Gasteiger partial charge in [0.25, 0.3) is 0 Å². The van der Waals surface area contributed by atoms with Crippen molar-refractivity contribution in [3.05, 3.63) is 0 Å². The summed E-state index contributed by atoms with van der Waals surface area (Å²) in [4.78, 5) is 72.9. The fourth-order valence-electron chi connectivity index (χ4n) is 12.0. The van der Waals surface area contributed by atoms with Crippen molar-refractivity contribution >= 4 is 39.5 Å². The van der Waals surface area contributed by atoms with E-state index in [9.17, 15) is 43.2 Å². The number of hydrogen-bond donors (Lipinski definition) is 3. The summed E-state index contributed by atoms with van der Waals surface area (Å²) in [6.45, 7) is 14.2. The molecular formula is C79H154O17P2. The average molecular weight is 1440 g/mol. The van der Waals surface area contributed by atoms with Crippen LogP contribution in [0, 0.1) is 23.7 Å². The predicted molar refractivity (Wildman–Crippen MR) is 400 cm³/mol. The topological polar surface area (TPSA) is 237 Å². The number of esters is 4. The molecule has 0 aromatic heterocycles. The van der Waals surface area contributed by atoms with Crippen molar-refractivity contribution in [3.8, 4) is 0 Å². The number of rotatable bonds is 76. The number of ether oxygens (including phenoxy) is 4. The summed E-state index contributed by atoms with van der Waals surface area (Å²) < 4.78 is 68.6. The van der Waals surface area contributed by atoms with E-state index in [0.717, 1.165) is 120 Å². The van der Waals surface area contributed by atoms with Gasteiger partial charge in [-0.2, -0.15) is 0 Å². The Hall–Kier alpha value is -1.94. The molecule has 17 nitrogen and oxygen atoms in total. The fourth-order valence-corrected chi connectivity index (χ4v) is 13.6. The van der Waals surface area contributed by atoms with E-state index in [-0.39, 0.29) is 25.7 Å². The van der Waals surface area contributed by atoms with Gasteiger partial charge >= 0.3 is 39.5 Å². The Morgan fingerprint density at radius 2 is 0.490 bits per heavy atom. The summed E-state index contributed by atoms with van der Waals surface area (Å²) in [5, 5.41) is 10.6. The first kappa shape index (κ1) is 96.1. The monoisotopic (exact) mass is 1440 g/mol. The molecule has 0 saturated heterocycles. The molecule has 0 heterocycles. The van der Waals surface area contributed by atoms with Gasteiger partial charge in [0, 0.05) is 25.7 Å². The molecule has 4 unspecified atom stereocenters. The SMILES string of the molecule is CCC(C)CCCCCCCCCCCCCCCCC(=O)O[C@H](COC(=O)CCCCCCCCC(C)CC)COP(=O)(O)OC[C@H](O)COP(=O)(O)OC[C@@H](COC(=O)CCCCCCCCCCCC(C)C)OC(=O)CCCCCCCCCCCCCCCCCC(C)C. The zero-order chi connectivity index (χ0) is 72.4. The number of phosphoric ester groups is 2. The van der Waals surface area contributed by atoms with Crippen LogP contribution in [0.5, 0.6) is 0 Å². The Balaban J connectivity index is 5.23. The van der Waals surface area contributed by atoms with Crippen LogP contribution in [0.4, 0.5) is 0 Å². The highest BCUT2D eigenvalue weighted by atomic mass is 31.2. The van der Waals surface area contributed by atoms with Gasteiger partial charge in [-0.25, -0.2) is 9.13 Å². The van der Waals surface area contributed by atoms with Gasteiger partial charge in [0.15, 0.2) is 12.2 Å². The number of phosphoric acid groups is 2. The highest BCUT2D eigenvalue weighted by molar-refractivity contribution is 7.47. The second-order valence-electron chi connectivity index (χ2n) is 29.9. The Morgan fingerprint density at radius 3 is 0.724 bits per heavy atom. The molecule has 0 aromatic carbocycles. The van der Waals surface area contributed by atoms with E-state index in [1.807, 2.05) is 0 Å². The lowest BCUT2D eigenvalue weighted by atomic mass is 9.99. The van der Waals surface area contributed by atoms with E-state index in [4.69, 9.17) is 37.0 Å². The molecule has 0 rings (SSSR count). The molecule has 3 N–H and O–H groups in total. The number of unbranched alkanes of at least 4 members (excludes halogenated alkanes) is 40. The number of carbonyl (C=O) groups is 4. The number of hydrogen-bond acceptors (Lipinski definition) is 15. The van der Waals surface area contributed by atoms with Gasteiger partial charge < -0.3 is 33.8 Å². The van der Waals surface area contributed by atoms with Crippen LogP contribution in [0.25, 0.3) is 0 Å². The normalized spacial score (nSPS) is 14.6. The molecule has 0 spiro atoms. The van der Waals surface area contributed by atoms with E-state index >= 15 is 0 Å². The summed E-state index contributed by atoms with van der Waals surface area (Å²) in [5.41, 5.74) is 0. The molecule has 0 aliphatic rings. The number of carbonyl (C=O) groups excluding carboxylic acids is 4. The van der Waals surface area contributed by atoms with E-state index < -0.39 is 97.5 Å². The van der Waals surface area contributed by atoms with Gasteiger partial charge in [-0.15, -0.1) is 0 Å². The summed E-state index contributed by atoms with van der Waals surface area (Å²) >= 11 is 0. The van der Waals surface area contributed by atoms with Crippen LogP contribution in [-0.4, -0.2) is 96.7 Å². The standard InChI is InChI=1S/C79H154O17P2/c1-9-71(7)57-49-41-33-27-21-17-14-15-19-23-29-36-46-54-62-79(84)96-75(66-90-77(82)60-52-44-38-37-42-50-58-72(8)10-2)68-94-98(87,88)92-64-73(80)63-91-97(85,86)93-67-74(65-89-76(81)59-51-43-34-30-24-26-32-40-48-56-70(5)6)95-78(83)61-53-45-35-28-22-18-13-11-12-16-20-25-31-39-47-55-69(3)4/h69-75,80H,9-68H2,1-8H3,(H,85,86)(H,87,88)/t71?,72?,73-,74-,75-/m1/s1. The van der Waals surface area contributed by atoms with Crippen molar-refractivity contribution in [3.63, 3.8) is 0 Å². The quantitative estimate of drug-likeness (QED) is 0.0222. The molecule has 19 heteroatoms. The van der Waals surface area contributed by atoms with Crippen molar-refractivity contribution in [2.75, 3.05) is 39.6 Å². The fraction of sp³-hybridized carbons (Fsp3) is 0.949. The molecule has 0 amide bonds. The third-order valence-electron chi connectivity index (χ3n) is 19.0. The van der Waals surface area contributed by atoms with E-state index in [2.05, 4.69) is 55.4 Å². The van der Waals surface area contributed by atoms with Gasteiger partial charge in [-0.1, -0.05) is 351 Å². The van der Waals surface area contributed by atoms with Gasteiger partial charge in [0.1, 0.15) is 19.3 Å². The van der Waals surface area contributed by atoms with E-state index in [1.165, 1.54) is 199 Å². The summed E-state index contributed by atoms with van der Waals surface area (Å²) in [7, 11) is -9.92. The third-order valence-corrected chi connectivity index (χ3v) is 20.9. The second kappa shape index (κ2) is 68.2. The van der Waals surface area contributed by atoms with Crippen LogP contribution in [0.2, 0.25) is 0 Å².